The van der Waals surface area contributed by atoms with Crippen molar-refractivity contribution in [1.82, 2.24) is 9.80 Å². The molecule has 1 aliphatic heterocycles. The molecule has 2 aliphatic rings. The molecule has 0 atom stereocenters. The predicted molar refractivity (Wildman–Crippen MR) is 94.8 cm³/mol. The number of carbonyl (C=O) groups is 2. The molecule has 1 aromatic carbocycles. The lowest BCUT2D eigenvalue weighted by molar-refractivity contribution is -0.134. The Labute approximate surface area is 144 Å². The number of piperidine rings is 1. The number of hydrogen-bond donors (Lipinski definition) is 1. The van der Waals surface area contributed by atoms with E-state index in [1.54, 1.807) is 0 Å². The lowest BCUT2D eigenvalue weighted by Gasteiger charge is -2.36. The average Bonchev–Trinajstić information content (AvgIpc) is 3.41. The molecule has 0 spiro atoms. The molecule has 24 heavy (non-hydrogen) atoms. The van der Waals surface area contributed by atoms with E-state index in [9.17, 15) is 9.59 Å². The Morgan fingerprint density at radius 1 is 1.12 bits per heavy atom. The van der Waals surface area contributed by atoms with E-state index in [0.29, 0.717) is 18.5 Å². The van der Waals surface area contributed by atoms with Gasteiger partial charge in [0.15, 0.2) is 0 Å². The molecule has 130 valence electrons. The predicted octanol–water partition coefficient (Wildman–Crippen LogP) is 2.27. The van der Waals surface area contributed by atoms with E-state index in [1.165, 1.54) is 5.56 Å². The van der Waals surface area contributed by atoms with E-state index in [0.717, 1.165) is 44.5 Å². The highest BCUT2D eigenvalue weighted by atomic mass is 16.2. The van der Waals surface area contributed by atoms with Crippen LogP contribution in [0, 0.1) is 12.8 Å². The zero-order valence-corrected chi connectivity index (χ0v) is 14.6. The standard InChI is InChI=1S/C19H27N3O2/c1-14-3-7-16(8-4-14)20-18(23)13-22-11-9-17(10-12-22)21(2)19(24)15-5-6-15/h3-4,7-8,15,17H,5-6,9-13H2,1-2H3,(H,20,23). The number of amides is 2. The molecule has 1 saturated carbocycles. The molecule has 1 aliphatic carbocycles. The molecule has 5 heteroatoms. The summed E-state index contributed by atoms with van der Waals surface area (Å²) in [5.41, 5.74) is 2.02. The van der Waals surface area contributed by atoms with Crippen molar-refractivity contribution in [3.63, 3.8) is 0 Å². The summed E-state index contributed by atoms with van der Waals surface area (Å²) in [5, 5.41) is 2.95. The summed E-state index contributed by atoms with van der Waals surface area (Å²) in [4.78, 5) is 28.4. The Kier molecular flexibility index (Phi) is 5.19. The Morgan fingerprint density at radius 2 is 1.75 bits per heavy atom. The third-order valence-corrected chi connectivity index (χ3v) is 5.08. The minimum atomic E-state index is 0.0275. The highest BCUT2D eigenvalue weighted by Crippen LogP contribution is 2.32. The van der Waals surface area contributed by atoms with E-state index < -0.39 is 0 Å². The monoisotopic (exact) mass is 329 g/mol. The van der Waals surface area contributed by atoms with Gasteiger partial charge in [0.1, 0.15) is 0 Å². The van der Waals surface area contributed by atoms with Crippen LogP contribution in [0.15, 0.2) is 24.3 Å². The molecular weight excluding hydrogens is 302 g/mol. The first-order chi connectivity index (χ1) is 11.5. The van der Waals surface area contributed by atoms with Crippen LogP contribution < -0.4 is 5.32 Å². The fraction of sp³-hybridized carbons (Fsp3) is 0.579. The van der Waals surface area contributed by atoms with Crippen molar-refractivity contribution in [3.05, 3.63) is 29.8 Å². The number of rotatable bonds is 5. The molecule has 1 aromatic rings. The minimum absolute atomic E-state index is 0.0275. The third-order valence-electron chi connectivity index (χ3n) is 5.08. The lowest BCUT2D eigenvalue weighted by atomic mass is 10.0. The number of hydrogen-bond acceptors (Lipinski definition) is 3. The van der Waals surface area contributed by atoms with Crippen LogP contribution in [0.3, 0.4) is 0 Å². The van der Waals surface area contributed by atoms with Crippen molar-refractivity contribution < 1.29 is 9.59 Å². The molecule has 5 nitrogen and oxygen atoms in total. The van der Waals surface area contributed by atoms with E-state index in [4.69, 9.17) is 0 Å². The van der Waals surface area contributed by atoms with Crippen LogP contribution in [0.2, 0.25) is 0 Å². The Morgan fingerprint density at radius 3 is 2.33 bits per heavy atom. The first-order valence-electron chi connectivity index (χ1n) is 8.88. The molecule has 2 amide bonds. The largest absolute Gasteiger partial charge is 0.342 e. The fourth-order valence-electron chi connectivity index (χ4n) is 3.30. The minimum Gasteiger partial charge on any atom is -0.342 e. The van der Waals surface area contributed by atoms with Crippen molar-refractivity contribution in [3.8, 4) is 0 Å². The SMILES string of the molecule is Cc1ccc(NC(=O)CN2CCC(N(C)C(=O)C3CC3)CC2)cc1. The normalized spacial score (nSPS) is 19.1. The van der Waals surface area contributed by atoms with E-state index in [-0.39, 0.29) is 11.8 Å². The quantitative estimate of drug-likeness (QED) is 0.901. The maximum atomic E-state index is 12.2. The van der Waals surface area contributed by atoms with Gasteiger partial charge in [0, 0.05) is 37.8 Å². The van der Waals surface area contributed by atoms with Gasteiger partial charge in [-0.2, -0.15) is 0 Å². The van der Waals surface area contributed by atoms with Gasteiger partial charge in [-0.25, -0.2) is 0 Å². The number of benzene rings is 1. The summed E-state index contributed by atoms with van der Waals surface area (Å²) < 4.78 is 0. The van der Waals surface area contributed by atoms with Gasteiger partial charge in [-0.15, -0.1) is 0 Å². The maximum absolute atomic E-state index is 12.2. The average molecular weight is 329 g/mol. The van der Waals surface area contributed by atoms with Gasteiger partial charge < -0.3 is 10.2 Å². The fourth-order valence-corrected chi connectivity index (χ4v) is 3.30. The number of likely N-dealkylation sites (tertiary alicyclic amines) is 1. The second kappa shape index (κ2) is 7.34. The smallest absolute Gasteiger partial charge is 0.238 e. The van der Waals surface area contributed by atoms with Crippen molar-refractivity contribution >= 4 is 17.5 Å². The molecule has 1 saturated heterocycles. The van der Waals surface area contributed by atoms with Crippen LogP contribution >= 0.6 is 0 Å². The lowest BCUT2D eigenvalue weighted by Crippen LogP contribution is -2.47. The molecule has 0 radical (unpaired) electrons. The van der Waals surface area contributed by atoms with Crippen molar-refractivity contribution in [1.29, 1.82) is 0 Å². The molecule has 3 rings (SSSR count). The summed E-state index contributed by atoms with van der Waals surface area (Å²) in [6.07, 6.45) is 4.02. The highest BCUT2D eigenvalue weighted by molar-refractivity contribution is 5.92. The van der Waals surface area contributed by atoms with Crippen molar-refractivity contribution in [2.24, 2.45) is 5.92 Å². The van der Waals surface area contributed by atoms with Gasteiger partial charge in [-0.1, -0.05) is 17.7 Å². The summed E-state index contributed by atoms with van der Waals surface area (Å²) in [7, 11) is 1.94. The van der Waals surface area contributed by atoms with Crippen molar-refractivity contribution in [2.45, 2.75) is 38.6 Å². The van der Waals surface area contributed by atoms with Gasteiger partial charge in [0.25, 0.3) is 0 Å². The van der Waals surface area contributed by atoms with Gasteiger partial charge in [-0.3, -0.25) is 14.5 Å². The van der Waals surface area contributed by atoms with Crippen molar-refractivity contribution in [2.75, 3.05) is 32.0 Å². The van der Waals surface area contributed by atoms with Crippen LogP contribution in [0.5, 0.6) is 0 Å². The molecule has 2 fully saturated rings. The van der Waals surface area contributed by atoms with Gasteiger partial charge in [0.2, 0.25) is 11.8 Å². The first kappa shape index (κ1) is 17.0. The topological polar surface area (TPSA) is 52.7 Å². The summed E-state index contributed by atoms with van der Waals surface area (Å²) >= 11 is 0. The number of nitrogens with one attached hydrogen (secondary N) is 1. The first-order valence-corrected chi connectivity index (χ1v) is 8.88. The molecule has 0 bridgehead atoms. The van der Waals surface area contributed by atoms with Crippen LogP contribution in [0.4, 0.5) is 5.69 Å². The van der Waals surface area contributed by atoms with E-state index in [1.807, 2.05) is 43.1 Å². The van der Waals surface area contributed by atoms with Gasteiger partial charge >= 0.3 is 0 Å². The molecule has 1 N–H and O–H groups in total. The molecule has 0 unspecified atom stereocenters. The second-order valence-corrected chi connectivity index (χ2v) is 7.14. The maximum Gasteiger partial charge on any atom is 0.238 e. The van der Waals surface area contributed by atoms with Crippen LogP contribution in [0.1, 0.15) is 31.2 Å². The number of carbonyl (C=O) groups excluding carboxylic acids is 2. The van der Waals surface area contributed by atoms with Gasteiger partial charge in [0.05, 0.1) is 6.54 Å². The summed E-state index contributed by atoms with van der Waals surface area (Å²) in [6, 6.07) is 8.17. The number of aryl methyl sites for hydroxylation is 1. The van der Waals surface area contributed by atoms with E-state index in [2.05, 4.69) is 10.2 Å². The number of nitrogens with zero attached hydrogens (tertiary/aromatic N) is 2. The zero-order valence-electron chi connectivity index (χ0n) is 14.6. The zero-order chi connectivity index (χ0) is 17.1. The van der Waals surface area contributed by atoms with Gasteiger partial charge in [-0.05, 0) is 44.7 Å². The molecule has 1 heterocycles. The number of anilines is 1. The van der Waals surface area contributed by atoms with Crippen LogP contribution in [-0.4, -0.2) is 54.3 Å². The molecular formula is C19H27N3O2. The third kappa shape index (κ3) is 4.35. The van der Waals surface area contributed by atoms with Crippen LogP contribution in [0.25, 0.3) is 0 Å². The summed E-state index contributed by atoms with van der Waals surface area (Å²) in [5.74, 6) is 0.624. The van der Waals surface area contributed by atoms with Crippen LogP contribution in [-0.2, 0) is 9.59 Å². The molecule has 0 aromatic heterocycles. The Bertz CT molecular complexity index is 587. The Hall–Kier alpha value is -1.88. The van der Waals surface area contributed by atoms with E-state index >= 15 is 0 Å². The second-order valence-electron chi connectivity index (χ2n) is 7.14. The highest BCUT2D eigenvalue weighted by Gasteiger charge is 2.35. The summed E-state index contributed by atoms with van der Waals surface area (Å²) in [6.45, 7) is 4.18. The Balaban J connectivity index is 1.42.